The van der Waals surface area contributed by atoms with Gasteiger partial charge in [0, 0.05) is 25.2 Å². The van der Waals surface area contributed by atoms with Crippen LogP contribution in [0.3, 0.4) is 0 Å². The van der Waals surface area contributed by atoms with Crippen molar-refractivity contribution in [3.05, 3.63) is 41.4 Å². The van der Waals surface area contributed by atoms with Gasteiger partial charge in [0.15, 0.2) is 17.2 Å². The van der Waals surface area contributed by atoms with Crippen molar-refractivity contribution >= 4 is 22.8 Å². The number of H-pyrrole nitrogens is 1. The third kappa shape index (κ3) is 3.94. The molecule has 2 heterocycles. The van der Waals surface area contributed by atoms with E-state index in [2.05, 4.69) is 25.5 Å². The fourth-order valence-corrected chi connectivity index (χ4v) is 3.89. The van der Waals surface area contributed by atoms with Crippen LogP contribution in [0, 0.1) is 11.6 Å². The highest BCUT2D eigenvalue weighted by molar-refractivity contribution is 6.07. The second kappa shape index (κ2) is 8.63. The van der Waals surface area contributed by atoms with Gasteiger partial charge in [-0.2, -0.15) is 5.10 Å². The smallest absolute Gasteiger partial charge is 0.272 e. The summed E-state index contributed by atoms with van der Waals surface area (Å²) >= 11 is 0. The number of carbonyl (C=O) groups excluding carboxylic acids is 1. The lowest BCUT2D eigenvalue weighted by atomic mass is 10.1. The molecule has 3 aromatic rings. The van der Waals surface area contributed by atoms with Gasteiger partial charge in [-0.25, -0.2) is 18.7 Å². The maximum absolute atomic E-state index is 14.0. The van der Waals surface area contributed by atoms with Crippen LogP contribution in [0.4, 0.5) is 14.6 Å². The van der Waals surface area contributed by atoms with Gasteiger partial charge < -0.3 is 25.2 Å². The molecular weight excluding hydrogens is 426 g/mol. The quantitative estimate of drug-likeness (QED) is 0.442. The van der Waals surface area contributed by atoms with E-state index in [4.69, 9.17) is 4.74 Å². The van der Waals surface area contributed by atoms with E-state index in [1.165, 1.54) is 25.4 Å². The predicted molar refractivity (Wildman–Crippen MR) is 109 cm³/mol. The standard InChI is InChI=1S/C20H22F2N6O4/c1-28(7-9-5-10(21)6-11(22)17(9)32-2)20(31)15-14-18(23-8-24-19(14)27-26-15)25-12-3-4-13(29)16(12)30/h5-6,8,12-13,16,29-30H,3-4,7H2,1-2H3,(H2,23,24,25,26,27)/t12-,13+,16-/m0/s1. The highest BCUT2D eigenvalue weighted by atomic mass is 19.1. The minimum atomic E-state index is -0.982. The van der Waals surface area contributed by atoms with Crippen molar-refractivity contribution in [3.63, 3.8) is 0 Å². The summed E-state index contributed by atoms with van der Waals surface area (Å²) in [6, 6.07) is 1.34. The Hall–Kier alpha value is -3.38. The number of benzene rings is 1. The van der Waals surface area contributed by atoms with Gasteiger partial charge in [-0.1, -0.05) is 0 Å². The maximum atomic E-state index is 14.0. The zero-order valence-electron chi connectivity index (χ0n) is 17.3. The van der Waals surface area contributed by atoms with Gasteiger partial charge >= 0.3 is 0 Å². The van der Waals surface area contributed by atoms with Gasteiger partial charge in [0.25, 0.3) is 5.91 Å². The topological polar surface area (TPSA) is 136 Å². The molecule has 170 valence electrons. The number of carbonyl (C=O) groups is 1. The number of aliphatic hydroxyl groups is 2. The molecule has 0 unspecified atom stereocenters. The molecule has 10 nitrogen and oxygen atoms in total. The van der Waals surface area contributed by atoms with Crippen LogP contribution in [0.1, 0.15) is 28.9 Å². The number of nitrogens with one attached hydrogen (secondary N) is 2. The van der Waals surface area contributed by atoms with E-state index in [9.17, 15) is 23.8 Å². The number of methoxy groups -OCH3 is 1. The lowest BCUT2D eigenvalue weighted by Crippen LogP contribution is -2.34. The number of hydrogen-bond acceptors (Lipinski definition) is 8. The number of fused-ring (bicyclic) bond motifs is 1. The van der Waals surface area contributed by atoms with Crippen molar-refractivity contribution < 1.29 is 28.5 Å². The van der Waals surface area contributed by atoms with Crippen LogP contribution in [0.15, 0.2) is 18.5 Å². The lowest BCUT2D eigenvalue weighted by Gasteiger charge is -2.20. The van der Waals surface area contributed by atoms with E-state index < -0.39 is 35.8 Å². The van der Waals surface area contributed by atoms with Crippen molar-refractivity contribution in [1.29, 1.82) is 0 Å². The van der Waals surface area contributed by atoms with E-state index >= 15 is 0 Å². The van der Waals surface area contributed by atoms with Gasteiger partial charge in [0.1, 0.15) is 23.7 Å². The van der Waals surface area contributed by atoms with E-state index in [0.29, 0.717) is 24.3 Å². The average Bonchev–Trinajstić information content (AvgIpc) is 3.32. The zero-order valence-corrected chi connectivity index (χ0v) is 17.3. The summed E-state index contributed by atoms with van der Waals surface area (Å²) in [7, 11) is 2.72. The second-order valence-corrected chi connectivity index (χ2v) is 7.65. The molecule has 2 aromatic heterocycles. The molecule has 1 aromatic carbocycles. The summed E-state index contributed by atoms with van der Waals surface area (Å²) in [5.41, 5.74) is 0.443. The van der Waals surface area contributed by atoms with Crippen molar-refractivity contribution in [2.45, 2.75) is 37.6 Å². The zero-order chi connectivity index (χ0) is 23.0. The Labute approximate surface area is 181 Å². The highest BCUT2D eigenvalue weighted by Gasteiger charge is 2.34. The Bertz CT molecular complexity index is 1160. The normalized spacial score (nSPS) is 20.5. The first-order valence-electron chi connectivity index (χ1n) is 9.89. The van der Waals surface area contributed by atoms with Crippen LogP contribution >= 0.6 is 0 Å². The van der Waals surface area contributed by atoms with Gasteiger partial charge in [-0.15, -0.1) is 0 Å². The van der Waals surface area contributed by atoms with Crippen LogP contribution in [0.25, 0.3) is 11.0 Å². The molecule has 0 saturated heterocycles. The van der Waals surface area contributed by atoms with E-state index in [-0.39, 0.29) is 35.0 Å². The first kappa shape index (κ1) is 21.8. The number of aromatic nitrogens is 4. The second-order valence-electron chi connectivity index (χ2n) is 7.65. The molecule has 0 aliphatic heterocycles. The molecule has 0 radical (unpaired) electrons. The minimum Gasteiger partial charge on any atom is -0.493 e. The number of aliphatic hydroxyl groups excluding tert-OH is 2. The van der Waals surface area contributed by atoms with Crippen LogP contribution in [-0.2, 0) is 6.54 Å². The molecule has 1 aliphatic rings. The summed E-state index contributed by atoms with van der Waals surface area (Å²) in [6.45, 7) is -0.138. The number of ether oxygens (including phenoxy) is 1. The largest absolute Gasteiger partial charge is 0.493 e. The lowest BCUT2D eigenvalue weighted by molar-refractivity contribution is 0.0392. The minimum absolute atomic E-state index is 0.0643. The summed E-state index contributed by atoms with van der Waals surface area (Å²) in [5.74, 6) is -2.06. The molecule has 0 spiro atoms. The van der Waals surface area contributed by atoms with E-state index in [0.717, 1.165) is 6.07 Å². The molecule has 3 atom stereocenters. The third-order valence-electron chi connectivity index (χ3n) is 5.51. The molecule has 1 fully saturated rings. The fraction of sp³-hybridized carbons (Fsp3) is 0.400. The number of halogens is 2. The van der Waals surface area contributed by atoms with Crippen molar-refractivity contribution in [1.82, 2.24) is 25.1 Å². The number of rotatable bonds is 6. The molecule has 1 saturated carbocycles. The Morgan fingerprint density at radius 3 is 2.78 bits per heavy atom. The Morgan fingerprint density at radius 1 is 1.31 bits per heavy atom. The Balaban J connectivity index is 1.63. The molecule has 0 bridgehead atoms. The first-order valence-corrected chi connectivity index (χ1v) is 9.89. The average molecular weight is 448 g/mol. The van der Waals surface area contributed by atoms with E-state index in [1.54, 1.807) is 0 Å². The van der Waals surface area contributed by atoms with Crippen molar-refractivity contribution in [3.8, 4) is 5.75 Å². The van der Waals surface area contributed by atoms with Crippen LogP contribution in [0.2, 0.25) is 0 Å². The fourth-order valence-electron chi connectivity index (χ4n) is 3.89. The Kier molecular flexibility index (Phi) is 5.89. The summed E-state index contributed by atoms with van der Waals surface area (Å²) < 4.78 is 32.7. The molecule has 1 aliphatic carbocycles. The monoisotopic (exact) mass is 448 g/mol. The van der Waals surface area contributed by atoms with Crippen LogP contribution in [0.5, 0.6) is 5.75 Å². The molecule has 12 heteroatoms. The molecule has 4 N–H and O–H groups in total. The molecule has 1 amide bonds. The van der Waals surface area contributed by atoms with Gasteiger partial charge in [-0.3, -0.25) is 9.89 Å². The Morgan fingerprint density at radius 2 is 2.09 bits per heavy atom. The number of aromatic amines is 1. The number of hydrogen-bond donors (Lipinski definition) is 4. The summed E-state index contributed by atoms with van der Waals surface area (Å²) in [6.07, 6.45) is 0.382. The number of anilines is 1. The SMILES string of the molecule is COc1c(F)cc(F)cc1CN(C)C(=O)c1[nH]nc2ncnc(N[C@H]3CC[C@@H](O)[C@H]3O)c12. The summed E-state index contributed by atoms with van der Waals surface area (Å²) in [5, 5.41) is 30.0. The number of amides is 1. The first-order chi connectivity index (χ1) is 15.3. The number of nitrogens with zero attached hydrogens (tertiary/aromatic N) is 4. The maximum Gasteiger partial charge on any atom is 0.272 e. The van der Waals surface area contributed by atoms with Crippen LogP contribution < -0.4 is 10.1 Å². The molecular formula is C20H22F2N6O4. The highest BCUT2D eigenvalue weighted by Crippen LogP contribution is 2.29. The van der Waals surface area contributed by atoms with Crippen molar-refractivity contribution in [2.24, 2.45) is 0 Å². The predicted octanol–water partition coefficient (Wildman–Crippen LogP) is 1.21. The third-order valence-corrected chi connectivity index (χ3v) is 5.51. The van der Waals surface area contributed by atoms with Crippen molar-refractivity contribution in [2.75, 3.05) is 19.5 Å². The van der Waals surface area contributed by atoms with Gasteiger partial charge in [0.2, 0.25) is 0 Å². The summed E-state index contributed by atoms with van der Waals surface area (Å²) in [4.78, 5) is 22.6. The molecule has 4 rings (SSSR count). The van der Waals surface area contributed by atoms with Gasteiger partial charge in [0.05, 0.1) is 30.7 Å². The van der Waals surface area contributed by atoms with Crippen LogP contribution in [-0.4, -0.2) is 73.6 Å². The van der Waals surface area contributed by atoms with Gasteiger partial charge in [-0.05, 0) is 18.9 Å². The molecule has 32 heavy (non-hydrogen) atoms. The van der Waals surface area contributed by atoms with E-state index in [1.807, 2.05) is 0 Å².